The van der Waals surface area contributed by atoms with Crippen LogP contribution in [0.4, 0.5) is 11.4 Å². The zero-order valence-corrected chi connectivity index (χ0v) is 12.1. The van der Waals surface area contributed by atoms with Crippen LogP contribution in [0.25, 0.3) is 21.9 Å². The van der Waals surface area contributed by atoms with Gasteiger partial charge in [0.1, 0.15) is 5.58 Å². The number of para-hydroxylation sites is 1. The van der Waals surface area contributed by atoms with E-state index in [-0.39, 0.29) is 0 Å². The van der Waals surface area contributed by atoms with Crippen LogP contribution in [0.1, 0.15) is 4.88 Å². The van der Waals surface area contributed by atoms with Gasteiger partial charge in [0.2, 0.25) is 0 Å². The molecule has 4 rings (SSSR count). The highest BCUT2D eigenvalue weighted by atomic mass is 32.1. The number of hydrogen-bond donors (Lipinski definition) is 2. The van der Waals surface area contributed by atoms with Crippen molar-refractivity contribution in [2.45, 2.75) is 6.54 Å². The highest BCUT2D eigenvalue weighted by Crippen LogP contribution is 2.37. The first-order valence-corrected chi connectivity index (χ1v) is 7.67. The maximum absolute atomic E-state index is 6.06. The van der Waals surface area contributed by atoms with Gasteiger partial charge in [0.05, 0.1) is 11.1 Å². The topological polar surface area (TPSA) is 51.2 Å². The van der Waals surface area contributed by atoms with Crippen molar-refractivity contribution in [1.82, 2.24) is 0 Å². The zero-order valence-electron chi connectivity index (χ0n) is 11.3. The number of thiophene rings is 1. The van der Waals surface area contributed by atoms with Crippen molar-refractivity contribution in [3.8, 4) is 0 Å². The number of fused-ring (bicyclic) bond motifs is 3. The summed E-state index contributed by atoms with van der Waals surface area (Å²) in [6, 6.07) is 16.1. The summed E-state index contributed by atoms with van der Waals surface area (Å²) in [5.41, 5.74) is 9.41. The molecule has 0 atom stereocenters. The van der Waals surface area contributed by atoms with Gasteiger partial charge in [-0.3, -0.25) is 0 Å². The molecular formula is C17H14N2OS. The van der Waals surface area contributed by atoms with Crippen LogP contribution in [0.15, 0.2) is 58.3 Å². The number of hydrogen-bond acceptors (Lipinski definition) is 4. The fraction of sp³-hybridized carbons (Fsp3) is 0.0588. The van der Waals surface area contributed by atoms with Crippen LogP contribution in [0.3, 0.4) is 0 Å². The van der Waals surface area contributed by atoms with E-state index in [2.05, 4.69) is 28.9 Å². The van der Waals surface area contributed by atoms with Gasteiger partial charge in [0.25, 0.3) is 0 Å². The molecule has 0 bridgehead atoms. The van der Waals surface area contributed by atoms with Crippen LogP contribution in [0.2, 0.25) is 0 Å². The van der Waals surface area contributed by atoms with Crippen LogP contribution in [0, 0.1) is 0 Å². The van der Waals surface area contributed by atoms with Crippen LogP contribution >= 0.6 is 11.3 Å². The molecule has 21 heavy (non-hydrogen) atoms. The normalized spacial score (nSPS) is 11.2. The summed E-state index contributed by atoms with van der Waals surface area (Å²) < 4.78 is 5.90. The minimum absolute atomic E-state index is 0.669. The van der Waals surface area contributed by atoms with Gasteiger partial charge < -0.3 is 15.5 Å². The van der Waals surface area contributed by atoms with Crippen molar-refractivity contribution in [3.63, 3.8) is 0 Å². The lowest BCUT2D eigenvalue weighted by molar-refractivity contribution is 0.670. The van der Waals surface area contributed by atoms with E-state index in [1.165, 1.54) is 4.88 Å². The minimum atomic E-state index is 0.669. The Morgan fingerprint density at radius 1 is 1.05 bits per heavy atom. The standard InChI is InChI=1S/C17H14N2OS/c18-13-7-8-14(19-10-11-4-3-9-21-11)16-12-5-1-2-6-15(12)20-17(13)16/h1-9,19H,10,18H2. The van der Waals surface area contributed by atoms with Gasteiger partial charge in [0.15, 0.2) is 5.58 Å². The average molecular weight is 294 g/mol. The SMILES string of the molecule is Nc1ccc(NCc2cccs2)c2c1oc1ccccc12. The summed E-state index contributed by atoms with van der Waals surface area (Å²) >= 11 is 1.75. The van der Waals surface area contributed by atoms with Crippen molar-refractivity contribution < 1.29 is 4.42 Å². The number of nitrogens with one attached hydrogen (secondary N) is 1. The van der Waals surface area contributed by atoms with Gasteiger partial charge in [-0.1, -0.05) is 24.3 Å². The second kappa shape index (κ2) is 4.82. The lowest BCUT2D eigenvalue weighted by Gasteiger charge is -2.07. The first-order chi connectivity index (χ1) is 10.3. The fourth-order valence-electron chi connectivity index (χ4n) is 2.59. The summed E-state index contributed by atoms with van der Waals surface area (Å²) in [5, 5.41) is 7.73. The number of anilines is 2. The van der Waals surface area contributed by atoms with E-state index in [1.54, 1.807) is 11.3 Å². The molecule has 4 aromatic rings. The van der Waals surface area contributed by atoms with Crippen LogP contribution < -0.4 is 11.1 Å². The van der Waals surface area contributed by atoms with Crippen molar-refractivity contribution in [3.05, 3.63) is 58.8 Å². The number of rotatable bonds is 3. The molecule has 0 saturated carbocycles. The Bertz CT molecular complexity index is 909. The molecule has 2 heterocycles. The Labute approximate surface area is 126 Å². The third-order valence-electron chi connectivity index (χ3n) is 3.59. The van der Waals surface area contributed by atoms with Gasteiger partial charge >= 0.3 is 0 Å². The maximum Gasteiger partial charge on any atom is 0.160 e. The van der Waals surface area contributed by atoms with Gasteiger partial charge in [-0.2, -0.15) is 0 Å². The van der Waals surface area contributed by atoms with Gasteiger partial charge in [-0.25, -0.2) is 0 Å². The Morgan fingerprint density at radius 2 is 1.95 bits per heavy atom. The van der Waals surface area contributed by atoms with E-state index in [9.17, 15) is 0 Å². The second-order valence-corrected chi connectivity index (χ2v) is 5.97. The molecule has 0 unspecified atom stereocenters. The summed E-state index contributed by atoms with van der Waals surface area (Å²) in [5.74, 6) is 0. The van der Waals surface area contributed by atoms with E-state index >= 15 is 0 Å². The third kappa shape index (κ3) is 2.04. The highest BCUT2D eigenvalue weighted by molar-refractivity contribution is 7.09. The third-order valence-corrected chi connectivity index (χ3v) is 4.47. The van der Waals surface area contributed by atoms with Crippen LogP contribution in [0.5, 0.6) is 0 Å². The predicted molar refractivity (Wildman–Crippen MR) is 89.8 cm³/mol. The molecule has 3 N–H and O–H groups in total. The number of nitrogen functional groups attached to an aromatic ring is 1. The van der Waals surface area contributed by atoms with Gasteiger partial charge in [-0.15, -0.1) is 11.3 Å². The molecule has 0 saturated heterocycles. The molecule has 3 nitrogen and oxygen atoms in total. The first-order valence-electron chi connectivity index (χ1n) is 6.79. The molecule has 2 aromatic heterocycles. The highest BCUT2D eigenvalue weighted by Gasteiger charge is 2.13. The lowest BCUT2D eigenvalue weighted by Crippen LogP contribution is -1.98. The number of benzene rings is 2. The molecule has 0 aliphatic heterocycles. The van der Waals surface area contributed by atoms with Crippen molar-refractivity contribution in [1.29, 1.82) is 0 Å². The Morgan fingerprint density at radius 3 is 2.81 bits per heavy atom. The fourth-order valence-corrected chi connectivity index (χ4v) is 3.24. The molecule has 0 fully saturated rings. The van der Waals surface area contributed by atoms with Crippen molar-refractivity contribution in [2.75, 3.05) is 11.1 Å². The van der Waals surface area contributed by atoms with E-state index < -0.39 is 0 Å². The largest absolute Gasteiger partial charge is 0.454 e. The summed E-state index contributed by atoms with van der Waals surface area (Å²) in [6.07, 6.45) is 0. The smallest absolute Gasteiger partial charge is 0.160 e. The minimum Gasteiger partial charge on any atom is -0.454 e. The summed E-state index contributed by atoms with van der Waals surface area (Å²) in [7, 11) is 0. The number of furan rings is 1. The van der Waals surface area contributed by atoms with E-state index in [0.29, 0.717) is 5.69 Å². The molecule has 0 spiro atoms. The molecular weight excluding hydrogens is 280 g/mol. The molecule has 0 amide bonds. The van der Waals surface area contributed by atoms with Crippen LogP contribution in [-0.4, -0.2) is 0 Å². The second-order valence-electron chi connectivity index (χ2n) is 4.94. The summed E-state index contributed by atoms with van der Waals surface area (Å²) in [4.78, 5) is 1.30. The lowest BCUT2D eigenvalue weighted by atomic mass is 10.1. The monoisotopic (exact) mass is 294 g/mol. The molecule has 0 aliphatic carbocycles. The van der Waals surface area contributed by atoms with Crippen molar-refractivity contribution >= 4 is 44.7 Å². The van der Waals surface area contributed by atoms with E-state index in [1.807, 2.05) is 30.3 Å². The average Bonchev–Trinajstić information content (AvgIpc) is 3.14. The first kappa shape index (κ1) is 12.3. The molecule has 4 heteroatoms. The molecule has 2 aromatic carbocycles. The summed E-state index contributed by atoms with van der Waals surface area (Å²) in [6.45, 7) is 0.802. The molecule has 104 valence electrons. The van der Waals surface area contributed by atoms with Crippen molar-refractivity contribution in [2.24, 2.45) is 0 Å². The van der Waals surface area contributed by atoms with E-state index in [0.717, 1.165) is 34.2 Å². The van der Waals surface area contributed by atoms with Gasteiger partial charge in [0, 0.05) is 22.5 Å². The quantitative estimate of drug-likeness (QED) is 0.531. The Balaban J connectivity index is 1.86. The van der Waals surface area contributed by atoms with E-state index in [4.69, 9.17) is 10.2 Å². The van der Waals surface area contributed by atoms with Gasteiger partial charge in [-0.05, 0) is 29.6 Å². The molecule has 0 aliphatic rings. The molecule has 0 radical (unpaired) electrons. The number of nitrogens with two attached hydrogens (primary N) is 1. The van der Waals surface area contributed by atoms with Crippen LogP contribution in [-0.2, 0) is 6.54 Å². The Kier molecular flexibility index (Phi) is 2.82. The maximum atomic E-state index is 6.06. The Hall–Kier alpha value is -2.46. The zero-order chi connectivity index (χ0) is 14.2. The predicted octanol–water partition coefficient (Wildman–Crippen LogP) is 4.84.